The van der Waals surface area contributed by atoms with E-state index in [4.69, 9.17) is 0 Å². The van der Waals surface area contributed by atoms with Gasteiger partial charge in [-0.1, -0.05) is 20.3 Å². The van der Waals surface area contributed by atoms with Gasteiger partial charge >= 0.3 is 0 Å². The molecule has 0 nitrogen and oxygen atoms in total. The quantitative estimate of drug-likeness (QED) is 0.529. The average molecular weight is 149 g/mol. The van der Waals surface area contributed by atoms with E-state index >= 15 is 0 Å². The molecule has 1 unspecified atom stereocenters. The molecule has 11 heavy (non-hydrogen) atoms. The van der Waals surface area contributed by atoms with Crippen LogP contribution in [0.3, 0.4) is 0 Å². The highest BCUT2D eigenvalue weighted by Crippen LogP contribution is 2.28. The molecule has 0 N–H and O–H groups in total. The van der Waals surface area contributed by atoms with Crippen molar-refractivity contribution in [3.05, 3.63) is 31.6 Å². The van der Waals surface area contributed by atoms with Crippen LogP contribution in [-0.2, 0) is 0 Å². The zero-order valence-electron chi connectivity index (χ0n) is 7.51. The Labute approximate surface area is 71.4 Å². The standard InChI is InChI=1S/C11H17/c1-3-6-11-8-5-4-7-10(2)9-11/h4-5,8-10H,3,6-7H2,1-2H3. The molecule has 1 aliphatic carbocycles. The maximum Gasteiger partial charge on any atom is -0.0167 e. The lowest BCUT2D eigenvalue weighted by molar-refractivity contribution is 0.653. The molecule has 0 saturated heterocycles. The van der Waals surface area contributed by atoms with E-state index in [-0.39, 0.29) is 0 Å². The minimum atomic E-state index is 0.728. The van der Waals surface area contributed by atoms with Gasteiger partial charge in [0.1, 0.15) is 0 Å². The van der Waals surface area contributed by atoms with Gasteiger partial charge < -0.3 is 0 Å². The van der Waals surface area contributed by atoms with Crippen LogP contribution in [0.15, 0.2) is 0 Å². The summed E-state index contributed by atoms with van der Waals surface area (Å²) in [7, 11) is 0. The van der Waals surface area contributed by atoms with Crippen molar-refractivity contribution in [3.8, 4) is 0 Å². The SMILES string of the molecule is CCC[C]1[CH][CH][CH]CC(C)[CH]1. The molecule has 1 rings (SSSR count). The maximum absolute atomic E-state index is 2.39. The van der Waals surface area contributed by atoms with Gasteiger partial charge in [0.05, 0.1) is 0 Å². The zero-order valence-corrected chi connectivity index (χ0v) is 7.51. The van der Waals surface area contributed by atoms with Gasteiger partial charge in [0, 0.05) is 0 Å². The van der Waals surface area contributed by atoms with Gasteiger partial charge in [0.25, 0.3) is 0 Å². The second kappa shape index (κ2) is 4.79. The number of hydrogen-bond acceptors (Lipinski definition) is 0. The molecule has 0 bridgehead atoms. The van der Waals surface area contributed by atoms with E-state index in [2.05, 4.69) is 39.5 Å². The zero-order chi connectivity index (χ0) is 8.10. The van der Waals surface area contributed by atoms with E-state index < -0.39 is 0 Å². The third-order valence-electron chi connectivity index (χ3n) is 1.99. The van der Waals surface area contributed by atoms with Crippen LogP contribution in [0.1, 0.15) is 33.1 Å². The van der Waals surface area contributed by atoms with Crippen molar-refractivity contribution in [2.45, 2.75) is 33.1 Å². The molecule has 0 amide bonds. The topological polar surface area (TPSA) is 0 Å². The lowest BCUT2D eigenvalue weighted by Crippen LogP contribution is -2.02. The van der Waals surface area contributed by atoms with E-state index in [1.54, 1.807) is 0 Å². The van der Waals surface area contributed by atoms with Gasteiger partial charge in [-0.15, -0.1) is 0 Å². The van der Waals surface area contributed by atoms with Crippen LogP contribution < -0.4 is 0 Å². The summed E-state index contributed by atoms with van der Waals surface area (Å²) in [6.07, 6.45) is 12.8. The van der Waals surface area contributed by atoms with Gasteiger partial charge in [-0.3, -0.25) is 0 Å². The van der Waals surface area contributed by atoms with Crippen molar-refractivity contribution in [2.75, 3.05) is 0 Å². The first kappa shape index (κ1) is 9.09. The summed E-state index contributed by atoms with van der Waals surface area (Å²) >= 11 is 0. The Morgan fingerprint density at radius 3 is 3.09 bits per heavy atom. The molecule has 1 aliphatic rings. The lowest BCUT2D eigenvalue weighted by Gasteiger charge is -2.13. The second-order valence-electron chi connectivity index (χ2n) is 3.30. The van der Waals surface area contributed by atoms with Crippen molar-refractivity contribution in [3.63, 3.8) is 0 Å². The first-order chi connectivity index (χ1) is 5.33. The van der Waals surface area contributed by atoms with Gasteiger partial charge in [-0.05, 0) is 50.4 Å². The Kier molecular flexibility index (Phi) is 3.96. The first-order valence-corrected chi connectivity index (χ1v) is 4.53. The Hall–Kier alpha value is 0. The summed E-state index contributed by atoms with van der Waals surface area (Å²) in [5.74, 6) is 2.24. The van der Waals surface area contributed by atoms with Crippen LogP contribution in [-0.4, -0.2) is 0 Å². The summed E-state index contributed by atoms with van der Waals surface area (Å²) in [4.78, 5) is 0. The molecule has 0 heteroatoms. The molecule has 1 atom stereocenters. The fourth-order valence-corrected chi connectivity index (χ4v) is 1.43. The Morgan fingerprint density at radius 1 is 1.55 bits per heavy atom. The van der Waals surface area contributed by atoms with E-state index in [1.165, 1.54) is 25.2 Å². The molecule has 0 aromatic heterocycles. The monoisotopic (exact) mass is 149 g/mol. The summed E-state index contributed by atoms with van der Waals surface area (Å²) in [5.41, 5.74) is 0. The molecular formula is C11H17. The molecule has 61 valence electrons. The normalized spacial score (nSPS) is 28.4. The van der Waals surface area contributed by atoms with E-state index in [1.807, 2.05) is 0 Å². The van der Waals surface area contributed by atoms with Crippen molar-refractivity contribution >= 4 is 0 Å². The fraction of sp³-hybridized carbons (Fsp3) is 0.545. The average Bonchev–Trinajstić information content (AvgIpc) is 2.15. The summed E-state index contributed by atoms with van der Waals surface area (Å²) in [5, 5.41) is 0. The van der Waals surface area contributed by atoms with Crippen LogP contribution in [0.5, 0.6) is 0 Å². The van der Waals surface area contributed by atoms with Gasteiger partial charge in [-0.25, -0.2) is 0 Å². The first-order valence-electron chi connectivity index (χ1n) is 4.53. The lowest BCUT2D eigenvalue weighted by atomic mass is 9.91. The highest BCUT2D eigenvalue weighted by atomic mass is 14.2. The van der Waals surface area contributed by atoms with Gasteiger partial charge in [0.15, 0.2) is 0 Å². The second-order valence-corrected chi connectivity index (χ2v) is 3.30. The Morgan fingerprint density at radius 2 is 2.36 bits per heavy atom. The summed E-state index contributed by atoms with van der Waals surface area (Å²) in [6.45, 7) is 4.51. The van der Waals surface area contributed by atoms with Crippen LogP contribution in [0.4, 0.5) is 0 Å². The van der Waals surface area contributed by atoms with Crippen molar-refractivity contribution in [2.24, 2.45) is 5.92 Å². The third kappa shape index (κ3) is 3.27. The van der Waals surface area contributed by atoms with Crippen LogP contribution in [0.25, 0.3) is 0 Å². The van der Waals surface area contributed by atoms with Crippen LogP contribution in [0, 0.1) is 37.5 Å². The van der Waals surface area contributed by atoms with Crippen molar-refractivity contribution < 1.29 is 0 Å². The summed E-state index contributed by atoms with van der Waals surface area (Å²) in [6, 6.07) is 0. The minimum Gasteiger partial charge on any atom is -0.0654 e. The van der Waals surface area contributed by atoms with Gasteiger partial charge in [-0.2, -0.15) is 0 Å². The van der Waals surface area contributed by atoms with E-state index in [0.29, 0.717) is 0 Å². The Balaban J connectivity index is 2.27. The molecule has 0 spiro atoms. The molecule has 0 aromatic rings. The predicted molar refractivity (Wildman–Crippen MR) is 49.1 cm³/mol. The smallest absolute Gasteiger partial charge is 0.0167 e. The largest absolute Gasteiger partial charge is 0.0654 e. The van der Waals surface area contributed by atoms with Crippen molar-refractivity contribution in [1.29, 1.82) is 0 Å². The highest BCUT2D eigenvalue weighted by Gasteiger charge is 2.17. The van der Waals surface area contributed by atoms with Crippen LogP contribution >= 0.6 is 0 Å². The molecule has 5 radical (unpaired) electrons. The van der Waals surface area contributed by atoms with E-state index in [0.717, 1.165) is 5.92 Å². The fourth-order valence-electron chi connectivity index (χ4n) is 1.43. The third-order valence-corrected chi connectivity index (χ3v) is 1.99. The maximum atomic E-state index is 2.39. The molecule has 0 heterocycles. The molecule has 0 aliphatic heterocycles. The van der Waals surface area contributed by atoms with Gasteiger partial charge in [0.2, 0.25) is 0 Å². The molecule has 1 saturated carbocycles. The van der Waals surface area contributed by atoms with Crippen molar-refractivity contribution in [1.82, 2.24) is 0 Å². The highest BCUT2D eigenvalue weighted by molar-refractivity contribution is 5.24. The summed E-state index contributed by atoms with van der Waals surface area (Å²) < 4.78 is 0. The number of rotatable bonds is 2. The van der Waals surface area contributed by atoms with Crippen LogP contribution in [0.2, 0.25) is 0 Å². The van der Waals surface area contributed by atoms with E-state index in [9.17, 15) is 0 Å². The Bertz CT molecular complexity index is 96.2. The predicted octanol–water partition coefficient (Wildman–Crippen LogP) is 3.22. The molecule has 1 fully saturated rings. The minimum absolute atomic E-state index is 0.728. The number of hydrogen-bond donors (Lipinski definition) is 0. The molecule has 0 aromatic carbocycles. The molecular weight excluding hydrogens is 132 g/mol.